The minimum absolute atomic E-state index is 0.0176. The predicted molar refractivity (Wildman–Crippen MR) is 110 cm³/mol. The van der Waals surface area contributed by atoms with Crippen molar-refractivity contribution in [2.75, 3.05) is 0 Å². The molecule has 0 fully saturated rings. The van der Waals surface area contributed by atoms with Crippen molar-refractivity contribution in [3.8, 4) is 11.1 Å². The minimum atomic E-state index is -3.88. The van der Waals surface area contributed by atoms with Crippen molar-refractivity contribution in [2.45, 2.75) is 22.1 Å². The Kier molecular flexibility index (Phi) is 4.78. The maximum Gasteiger partial charge on any atom is 0.261 e. The highest BCUT2D eigenvalue weighted by molar-refractivity contribution is 8.14. The first-order valence-corrected chi connectivity index (χ1v) is 13.0. The molecule has 3 aromatic carbocycles. The number of rotatable bonds is 4. The van der Waals surface area contributed by atoms with Gasteiger partial charge in [-0.2, -0.15) is 0 Å². The smallest absolute Gasteiger partial charge is 0.207 e. The molecule has 0 N–H and O–H groups in total. The van der Waals surface area contributed by atoms with E-state index in [2.05, 4.69) is 0 Å². The topological polar surface area (TPSA) is 68.3 Å². The molecule has 0 aromatic heterocycles. The molecule has 1 aliphatic carbocycles. The molecular weight excluding hydrogens is 439 g/mol. The second kappa shape index (κ2) is 6.88. The van der Waals surface area contributed by atoms with Gasteiger partial charge in [-0.1, -0.05) is 42.5 Å². The lowest BCUT2D eigenvalue weighted by Gasteiger charge is -2.15. The Labute approximate surface area is 172 Å². The van der Waals surface area contributed by atoms with E-state index in [-0.39, 0.29) is 15.7 Å². The quantitative estimate of drug-likeness (QED) is 0.528. The summed E-state index contributed by atoms with van der Waals surface area (Å²) in [5.74, 6) is -0.218. The van der Waals surface area contributed by atoms with Crippen LogP contribution in [0.1, 0.15) is 22.6 Å². The summed E-state index contributed by atoms with van der Waals surface area (Å²) in [6.45, 7) is 0. The standard InChI is InChI=1S/C20H14Cl2O4S2/c21-27(23,24)14-6-8-16-17-9-7-15(28(22,25)26)12-20(17)18(19(16)11-14)10-13-4-2-1-3-5-13/h1-9,11-12,18H,10H2. The maximum absolute atomic E-state index is 11.8. The first-order valence-electron chi connectivity index (χ1n) is 8.36. The fourth-order valence-electron chi connectivity index (χ4n) is 3.69. The maximum atomic E-state index is 11.8. The largest absolute Gasteiger partial charge is 0.261 e. The number of benzene rings is 3. The van der Waals surface area contributed by atoms with E-state index in [1.807, 2.05) is 30.3 Å². The summed E-state index contributed by atoms with van der Waals surface area (Å²) in [6.07, 6.45) is 0.582. The van der Waals surface area contributed by atoms with Gasteiger partial charge >= 0.3 is 0 Å². The average Bonchev–Trinajstić information content (AvgIpc) is 2.94. The number of hydrogen-bond acceptors (Lipinski definition) is 4. The van der Waals surface area contributed by atoms with Crippen molar-refractivity contribution >= 4 is 39.5 Å². The fraction of sp³-hybridized carbons (Fsp3) is 0.100. The molecule has 0 heterocycles. The predicted octanol–water partition coefficient (Wildman–Crippen LogP) is 4.90. The molecule has 0 bridgehead atoms. The molecule has 0 saturated carbocycles. The molecule has 0 aliphatic heterocycles. The molecule has 4 nitrogen and oxygen atoms in total. The van der Waals surface area contributed by atoms with Gasteiger partial charge in [0.05, 0.1) is 9.79 Å². The van der Waals surface area contributed by atoms with Gasteiger partial charge in [0, 0.05) is 27.3 Å². The van der Waals surface area contributed by atoms with Crippen LogP contribution < -0.4 is 0 Å². The van der Waals surface area contributed by atoms with Gasteiger partial charge in [-0.05, 0) is 58.5 Å². The van der Waals surface area contributed by atoms with Gasteiger partial charge in [0.15, 0.2) is 0 Å². The van der Waals surface area contributed by atoms with Gasteiger partial charge in [-0.15, -0.1) is 0 Å². The van der Waals surface area contributed by atoms with Crippen LogP contribution >= 0.6 is 21.4 Å². The van der Waals surface area contributed by atoms with E-state index in [1.165, 1.54) is 12.1 Å². The van der Waals surface area contributed by atoms with Gasteiger partial charge in [-0.3, -0.25) is 0 Å². The van der Waals surface area contributed by atoms with Crippen LogP contribution in [-0.2, 0) is 24.5 Å². The Balaban J connectivity index is 1.93. The summed E-state index contributed by atoms with van der Waals surface area (Å²) < 4.78 is 47.3. The first-order chi connectivity index (χ1) is 13.1. The van der Waals surface area contributed by atoms with E-state index >= 15 is 0 Å². The fourth-order valence-corrected chi connectivity index (χ4v) is 5.26. The third-order valence-corrected chi connectivity index (χ3v) is 7.64. The first kappa shape index (κ1) is 19.5. The van der Waals surface area contributed by atoms with Gasteiger partial charge in [0.1, 0.15) is 0 Å². The second-order valence-electron chi connectivity index (χ2n) is 6.62. The monoisotopic (exact) mass is 452 g/mol. The van der Waals surface area contributed by atoms with Gasteiger partial charge in [-0.25, -0.2) is 16.8 Å². The summed E-state index contributed by atoms with van der Waals surface area (Å²) >= 11 is 0. The van der Waals surface area contributed by atoms with Crippen LogP contribution in [0.5, 0.6) is 0 Å². The highest BCUT2D eigenvalue weighted by Crippen LogP contribution is 2.48. The highest BCUT2D eigenvalue weighted by Gasteiger charge is 2.31. The molecule has 8 heteroatoms. The number of hydrogen-bond donors (Lipinski definition) is 0. The zero-order valence-electron chi connectivity index (χ0n) is 14.3. The molecule has 0 unspecified atom stereocenters. The number of halogens is 2. The van der Waals surface area contributed by atoms with Crippen LogP contribution in [0.15, 0.2) is 76.5 Å². The zero-order chi connectivity index (χ0) is 20.1. The Morgan fingerprint density at radius 3 is 1.57 bits per heavy atom. The molecule has 28 heavy (non-hydrogen) atoms. The van der Waals surface area contributed by atoms with E-state index in [1.54, 1.807) is 24.3 Å². The Bertz CT molecular complexity index is 1200. The lowest BCUT2D eigenvalue weighted by atomic mass is 9.90. The van der Waals surface area contributed by atoms with E-state index in [0.29, 0.717) is 6.42 Å². The molecule has 3 aromatic rings. The average molecular weight is 453 g/mol. The molecule has 0 radical (unpaired) electrons. The summed E-state index contributed by atoms with van der Waals surface area (Å²) in [5, 5.41) is 0. The Morgan fingerprint density at radius 2 is 1.14 bits per heavy atom. The Hall–Kier alpha value is -1.86. The molecule has 144 valence electrons. The molecule has 0 saturated heterocycles. The Morgan fingerprint density at radius 1 is 0.679 bits per heavy atom. The molecule has 4 rings (SSSR count). The summed E-state index contributed by atoms with van der Waals surface area (Å²) in [4.78, 5) is 0.0351. The molecular formula is C20H14Cl2O4S2. The zero-order valence-corrected chi connectivity index (χ0v) is 17.5. The molecule has 0 atom stereocenters. The molecule has 1 aliphatic rings. The van der Waals surface area contributed by atoms with Gasteiger partial charge < -0.3 is 0 Å². The SMILES string of the molecule is O=S(=O)(Cl)c1ccc2c(c1)C(Cc1ccccc1)c1cc(S(=O)(=O)Cl)ccc1-2. The van der Waals surface area contributed by atoms with Crippen LogP contribution in [0, 0.1) is 0 Å². The summed E-state index contributed by atoms with van der Waals surface area (Å²) in [5.41, 5.74) is 4.36. The van der Waals surface area contributed by atoms with Crippen LogP contribution in [-0.4, -0.2) is 16.8 Å². The van der Waals surface area contributed by atoms with Crippen molar-refractivity contribution in [1.82, 2.24) is 0 Å². The lowest BCUT2D eigenvalue weighted by Crippen LogP contribution is -2.03. The molecule has 0 spiro atoms. The third-order valence-electron chi connectivity index (χ3n) is 4.93. The van der Waals surface area contributed by atoms with Crippen LogP contribution in [0.4, 0.5) is 0 Å². The van der Waals surface area contributed by atoms with Crippen LogP contribution in [0.3, 0.4) is 0 Å². The second-order valence-corrected chi connectivity index (χ2v) is 11.7. The van der Waals surface area contributed by atoms with Crippen LogP contribution in [0.25, 0.3) is 11.1 Å². The van der Waals surface area contributed by atoms with E-state index in [0.717, 1.165) is 27.8 Å². The summed E-state index contributed by atoms with van der Waals surface area (Å²) in [7, 11) is 3.31. The lowest BCUT2D eigenvalue weighted by molar-refractivity contribution is 0.608. The van der Waals surface area contributed by atoms with E-state index in [4.69, 9.17) is 21.4 Å². The summed E-state index contributed by atoms with van der Waals surface area (Å²) in [6, 6.07) is 19.2. The number of fused-ring (bicyclic) bond motifs is 3. The van der Waals surface area contributed by atoms with Crippen molar-refractivity contribution in [2.24, 2.45) is 0 Å². The normalized spacial score (nSPS) is 13.9. The van der Waals surface area contributed by atoms with Crippen molar-refractivity contribution in [3.05, 3.63) is 83.4 Å². The van der Waals surface area contributed by atoms with Crippen molar-refractivity contribution in [3.63, 3.8) is 0 Å². The third kappa shape index (κ3) is 3.57. The van der Waals surface area contributed by atoms with Gasteiger partial charge in [0.2, 0.25) is 0 Å². The van der Waals surface area contributed by atoms with Crippen molar-refractivity contribution < 1.29 is 16.8 Å². The van der Waals surface area contributed by atoms with E-state index < -0.39 is 18.1 Å². The van der Waals surface area contributed by atoms with Crippen LogP contribution in [0.2, 0.25) is 0 Å². The highest BCUT2D eigenvalue weighted by atomic mass is 35.7. The van der Waals surface area contributed by atoms with Crippen molar-refractivity contribution in [1.29, 1.82) is 0 Å². The van der Waals surface area contributed by atoms with E-state index in [9.17, 15) is 16.8 Å². The molecule has 0 amide bonds. The van der Waals surface area contributed by atoms with Gasteiger partial charge in [0.25, 0.3) is 18.1 Å². The minimum Gasteiger partial charge on any atom is -0.207 e.